The Labute approximate surface area is 110 Å². The maximum atomic E-state index is 11.0. The lowest BCUT2D eigenvalue weighted by Crippen LogP contribution is -2.22. The standard InChI is InChI=1S/C14H16N2O3/c17-14(18)10-4-5-11-8-15-13(16(11)9-10)7-12-3-1-2-6-19-12/h4-5,8-9,12H,1-3,6-7H2,(H,17,18). The lowest BCUT2D eigenvalue weighted by atomic mass is 10.1. The summed E-state index contributed by atoms with van der Waals surface area (Å²) in [7, 11) is 0. The Hall–Kier alpha value is -1.88. The van der Waals surface area contributed by atoms with E-state index in [0.717, 1.165) is 37.2 Å². The Bertz CT molecular complexity index is 600. The van der Waals surface area contributed by atoms with Gasteiger partial charge < -0.3 is 14.2 Å². The Morgan fingerprint density at radius 3 is 3.11 bits per heavy atom. The van der Waals surface area contributed by atoms with Gasteiger partial charge in [0.15, 0.2) is 0 Å². The van der Waals surface area contributed by atoms with Crippen LogP contribution in [0.2, 0.25) is 0 Å². The molecular formula is C14H16N2O3. The van der Waals surface area contributed by atoms with Gasteiger partial charge in [-0.05, 0) is 31.4 Å². The predicted molar refractivity (Wildman–Crippen MR) is 69.4 cm³/mol. The normalized spacial score (nSPS) is 19.7. The largest absolute Gasteiger partial charge is 0.478 e. The Balaban J connectivity index is 1.89. The van der Waals surface area contributed by atoms with E-state index in [1.54, 1.807) is 24.5 Å². The number of imidazole rings is 1. The maximum Gasteiger partial charge on any atom is 0.337 e. The summed E-state index contributed by atoms with van der Waals surface area (Å²) in [6, 6.07) is 3.38. The smallest absolute Gasteiger partial charge is 0.337 e. The number of ether oxygens (including phenoxy) is 1. The second-order valence-corrected chi connectivity index (χ2v) is 4.88. The summed E-state index contributed by atoms with van der Waals surface area (Å²) >= 11 is 0. The molecule has 1 N–H and O–H groups in total. The van der Waals surface area contributed by atoms with Crippen LogP contribution in [0.4, 0.5) is 0 Å². The van der Waals surface area contributed by atoms with E-state index >= 15 is 0 Å². The number of rotatable bonds is 3. The highest BCUT2D eigenvalue weighted by atomic mass is 16.5. The van der Waals surface area contributed by atoms with Crippen molar-refractivity contribution in [3.8, 4) is 0 Å². The molecule has 2 aromatic heterocycles. The third-order valence-corrected chi connectivity index (χ3v) is 3.54. The van der Waals surface area contributed by atoms with Crippen molar-refractivity contribution < 1.29 is 14.6 Å². The van der Waals surface area contributed by atoms with Crippen LogP contribution in [0.15, 0.2) is 24.5 Å². The van der Waals surface area contributed by atoms with E-state index in [9.17, 15) is 4.79 Å². The molecule has 0 saturated carbocycles. The average Bonchev–Trinajstić information content (AvgIpc) is 2.82. The Morgan fingerprint density at radius 2 is 2.37 bits per heavy atom. The van der Waals surface area contributed by atoms with Crippen LogP contribution >= 0.6 is 0 Å². The van der Waals surface area contributed by atoms with Crippen LogP contribution in [0.5, 0.6) is 0 Å². The number of carboxylic acids is 1. The number of hydrogen-bond donors (Lipinski definition) is 1. The van der Waals surface area contributed by atoms with Gasteiger partial charge in [0.25, 0.3) is 0 Å². The summed E-state index contributed by atoms with van der Waals surface area (Å²) in [5.41, 5.74) is 1.19. The number of aromatic carboxylic acids is 1. The topological polar surface area (TPSA) is 63.8 Å². The van der Waals surface area contributed by atoms with E-state index in [1.165, 1.54) is 6.42 Å². The molecule has 5 nitrogen and oxygen atoms in total. The Morgan fingerprint density at radius 1 is 1.47 bits per heavy atom. The molecular weight excluding hydrogens is 244 g/mol. The number of carbonyl (C=O) groups is 1. The van der Waals surface area contributed by atoms with E-state index < -0.39 is 5.97 Å². The van der Waals surface area contributed by atoms with Crippen molar-refractivity contribution in [3.05, 3.63) is 35.9 Å². The lowest BCUT2D eigenvalue weighted by Gasteiger charge is -2.21. The van der Waals surface area contributed by atoms with Gasteiger partial charge in [-0.25, -0.2) is 9.78 Å². The highest BCUT2D eigenvalue weighted by molar-refractivity contribution is 5.87. The van der Waals surface area contributed by atoms with Gasteiger partial charge in [0.2, 0.25) is 0 Å². The van der Waals surface area contributed by atoms with Crippen LogP contribution in [-0.4, -0.2) is 33.2 Å². The zero-order chi connectivity index (χ0) is 13.2. The van der Waals surface area contributed by atoms with E-state index in [4.69, 9.17) is 9.84 Å². The van der Waals surface area contributed by atoms with Gasteiger partial charge in [0.05, 0.1) is 23.4 Å². The molecule has 2 aromatic rings. The summed E-state index contributed by atoms with van der Waals surface area (Å²) in [6.45, 7) is 0.814. The third kappa shape index (κ3) is 2.46. The first-order valence-electron chi connectivity index (χ1n) is 6.55. The van der Waals surface area contributed by atoms with Crippen molar-refractivity contribution in [1.82, 2.24) is 9.38 Å². The van der Waals surface area contributed by atoms with Crippen molar-refractivity contribution >= 4 is 11.5 Å². The van der Waals surface area contributed by atoms with Crippen LogP contribution in [0.3, 0.4) is 0 Å². The van der Waals surface area contributed by atoms with Crippen LogP contribution in [0, 0.1) is 0 Å². The zero-order valence-corrected chi connectivity index (χ0v) is 10.6. The van der Waals surface area contributed by atoms with Crippen molar-refractivity contribution in [1.29, 1.82) is 0 Å². The van der Waals surface area contributed by atoms with Gasteiger partial charge in [-0.3, -0.25) is 0 Å². The second-order valence-electron chi connectivity index (χ2n) is 4.88. The summed E-state index contributed by atoms with van der Waals surface area (Å²) < 4.78 is 7.56. The maximum absolute atomic E-state index is 11.0. The number of nitrogens with zero attached hydrogens (tertiary/aromatic N) is 2. The summed E-state index contributed by atoms with van der Waals surface area (Å²) in [4.78, 5) is 15.4. The molecule has 5 heteroatoms. The van der Waals surface area contributed by atoms with Gasteiger partial charge in [-0.1, -0.05) is 0 Å². The fourth-order valence-corrected chi connectivity index (χ4v) is 2.49. The third-order valence-electron chi connectivity index (χ3n) is 3.54. The molecule has 3 heterocycles. The number of pyridine rings is 1. The van der Waals surface area contributed by atoms with Crippen LogP contribution < -0.4 is 0 Å². The second kappa shape index (κ2) is 5.01. The molecule has 3 rings (SSSR count). The molecule has 1 saturated heterocycles. The number of aromatic nitrogens is 2. The molecule has 1 atom stereocenters. The SMILES string of the molecule is O=C(O)c1ccc2cnc(CC3CCCCO3)n2c1. The molecule has 1 aliphatic rings. The molecule has 0 aromatic carbocycles. The highest BCUT2D eigenvalue weighted by Gasteiger charge is 2.17. The summed E-state index contributed by atoms with van der Waals surface area (Å²) in [5.74, 6) is -0.0551. The molecule has 0 bridgehead atoms. The number of fused-ring (bicyclic) bond motifs is 1. The molecule has 100 valence electrons. The molecule has 1 fully saturated rings. The average molecular weight is 260 g/mol. The summed E-state index contributed by atoms with van der Waals surface area (Å²) in [6.07, 6.45) is 7.70. The number of carboxylic acid groups (broad SMARTS) is 1. The zero-order valence-electron chi connectivity index (χ0n) is 10.6. The van der Waals surface area contributed by atoms with E-state index in [-0.39, 0.29) is 11.7 Å². The van der Waals surface area contributed by atoms with E-state index in [2.05, 4.69) is 4.98 Å². The predicted octanol–water partition coefficient (Wildman–Crippen LogP) is 2.14. The molecule has 19 heavy (non-hydrogen) atoms. The molecule has 1 aliphatic heterocycles. The first-order valence-corrected chi connectivity index (χ1v) is 6.55. The fraction of sp³-hybridized carbons (Fsp3) is 0.429. The fourth-order valence-electron chi connectivity index (χ4n) is 2.49. The Kier molecular flexibility index (Phi) is 3.21. The summed E-state index contributed by atoms with van der Waals surface area (Å²) in [5, 5.41) is 9.04. The minimum absolute atomic E-state index is 0.202. The number of hydrogen-bond acceptors (Lipinski definition) is 3. The molecule has 0 aliphatic carbocycles. The molecule has 0 radical (unpaired) electrons. The first kappa shape index (κ1) is 12.2. The van der Waals surface area contributed by atoms with Crippen molar-refractivity contribution in [2.24, 2.45) is 0 Å². The van der Waals surface area contributed by atoms with Gasteiger partial charge in [-0.2, -0.15) is 0 Å². The monoisotopic (exact) mass is 260 g/mol. The van der Waals surface area contributed by atoms with E-state index in [0.29, 0.717) is 0 Å². The molecule has 0 spiro atoms. The first-order chi connectivity index (χ1) is 9.24. The minimum atomic E-state index is -0.921. The van der Waals surface area contributed by atoms with Crippen LogP contribution in [0.25, 0.3) is 5.52 Å². The van der Waals surface area contributed by atoms with Crippen molar-refractivity contribution in [2.45, 2.75) is 31.8 Å². The van der Waals surface area contributed by atoms with E-state index in [1.807, 2.05) is 4.40 Å². The van der Waals surface area contributed by atoms with Gasteiger partial charge in [-0.15, -0.1) is 0 Å². The van der Waals surface area contributed by atoms with Crippen LogP contribution in [-0.2, 0) is 11.2 Å². The van der Waals surface area contributed by atoms with Crippen molar-refractivity contribution in [3.63, 3.8) is 0 Å². The lowest BCUT2D eigenvalue weighted by molar-refractivity contribution is 0.0156. The highest BCUT2D eigenvalue weighted by Crippen LogP contribution is 2.18. The quantitative estimate of drug-likeness (QED) is 0.918. The van der Waals surface area contributed by atoms with Gasteiger partial charge >= 0.3 is 5.97 Å². The van der Waals surface area contributed by atoms with Gasteiger partial charge in [0.1, 0.15) is 5.82 Å². The molecule has 0 amide bonds. The van der Waals surface area contributed by atoms with Crippen molar-refractivity contribution in [2.75, 3.05) is 6.61 Å². The molecule has 1 unspecified atom stereocenters. The minimum Gasteiger partial charge on any atom is -0.478 e. The van der Waals surface area contributed by atoms with Gasteiger partial charge in [0, 0.05) is 19.2 Å². The van der Waals surface area contributed by atoms with Crippen LogP contribution in [0.1, 0.15) is 35.4 Å².